The van der Waals surface area contributed by atoms with Crippen molar-refractivity contribution in [2.75, 3.05) is 26.7 Å². The van der Waals surface area contributed by atoms with Crippen molar-refractivity contribution in [2.24, 2.45) is 5.41 Å². The number of aromatic nitrogens is 2. The van der Waals surface area contributed by atoms with E-state index in [-0.39, 0.29) is 5.41 Å². The number of rotatable bonds is 3. The molecule has 2 aliphatic heterocycles. The van der Waals surface area contributed by atoms with Crippen LogP contribution >= 0.6 is 0 Å². The summed E-state index contributed by atoms with van der Waals surface area (Å²) < 4.78 is 0. The van der Waals surface area contributed by atoms with Crippen molar-refractivity contribution < 1.29 is 4.79 Å². The lowest BCUT2D eigenvalue weighted by Gasteiger charge is -2.37. The van der Waals surface area contributed by atoms with E-state index in [1.54, 1.807) is 0 Å². The third kappa shape index (κ3) is 2.94. The van der Waals surface area contributed by atoms with Crippen molar-refractivity contribution in [1.82, 2.24) is 20.0 Å². The number of piperidine rings is 1. The SMILES string of the molecule is Cc1ccc(C)c(-c2[nH]ncc2CN2CCC3(CCCN(C)C3=O)C2)c1. The summed E-state index contributed by atoms with van der Waals surface area (Å²) in [4.78, 5) is 17.1. The molecule has 4 rings (SSSR count). The van der Waals surface area contributed by atoms with E-state index < -0.39 is 0 Å². The van der Waals surface area contributed by atoms with Gasteiger partial charge in [-0.05, 0) is 51.3 Å². The van der Waals surface area contributed by atoms with Crippen molar-refractivity contribution in [1.29, 1.82) is 0 Å². The van der Waals surface area contributed by atoms with Gasteiger partial charge in [0.2, 0.25) is 5.91 Å². The van der Waals surface area contributed by atoms with E-state index >= 15 is 0 Å². The van der Waals surface area contributed by atoms with Gasteiger partial charge in [-0.3, -0.25) is 14.8 Å². The lowest BCUT2D eigenvalue weighted by atomic mass is 9.78. The van der Waals surface area contributed by atoms with Crippen LogP contribution in [-0.4, -0.2) is 52.6 Å². The summed E-state index contributed by atoms with van der Waals surface area (Å²) in [7, 11) is 1.95. The van der Waals surface area contributed by atoms with Gasteiger partial charge in [-0.25, -0.2) is 0 Å². The first-order valence-corrected chi connectivity index (χ1v) is 9.56. The average Bonchev–Trinajstić information content (AvgIpc) is 3.23. The van der Waals surface area contributed by atoms with Gasteiger partial charge < -0.3 is 4.90 Å². The van der Waals surface area contributed by atoms with E-state index in [9.17, 15) is 4.79 Å². The number of benzene rings is 1. The number of nitrogens with one attached hydrogen (secondary N) is 1. The maximum absolute atomic E-state index is 12.7. The zero-order valence-electron chi connectivity index (χ0n) is 16.0. The lowest BCUT2D eigenvalue weighted by molar-refractivity contribution is -0.143. The Kier molecular flexibility index (Phi) is 4.35. The predicted octanol–water partition coefficient (Wildman–Crippen LogP) is 3.14. The Morgan fingerprint density at radius 1 is 1.23 bits per heavy atom. The van der Waals surface area contributed by atoms with Gasteiger partial charge in [-0.1, -0.05) is 17.7 Å². The minimum Gasteiger partial charge on any atom is -0.345 e. The van der Waals surface area contributed by atoms with Crippen LogP contribution in [0.25, 0.3) is 11.3 Å². The molecule has 0 aliphatic carbocycles. The summed E-state index contributed by atoms with van der Waals surface area (Å²) in [6.07, 6.45) is 5.07. The molecular formula is C21H28N4O. The number of aryl methyl sites for hydroxylation is 2. The van der Waals surface area contributed by atoms with Gasteiger partial charge in [0, 0.05) is 37.8 Å². The van der Waals surface area contributed by atoms with E-state index in [0.717, 1.165) is 51.1 Å². The first-order valence-electron chi connectivity index (χ1n) is 9.56. The summed E-state index contributed by atoms with van der Waals surface area (Å²) in [6.45, 7) is 7.86. The van der Waals surface area contributed by atoms with Crippen LogP contribution in [0.3, 0.4) is 0 Å². The first kappa shape index (κ1) is 17.3. The Morgan fingerprint density at radius 2 is 2.08 bits per heavy atom. The fraction of sp³-hybridized carbons (Fsp3) is 0.524. The van der Waals surface area contributed by atoms with Gasteiger partial charge in [0.1, 0.15) is 0 Å². The monoisotopic (exact) mass is 352 g/mol. The first-order chi connectivity index (χ1) is 12.5. The molecule has 2 aromatic rings. The molecule has 0 saturated carbocycles. The fourth-order valence-electron chi connectivity index (χ4n) is 4.65. The highest BCUT2D eigenvalue weighted by molar-refractivity contribution is 5.84. The molecule has 1 amide bonds. The second-order valence-corrected chi connectivity index (χ2v) is 8.16. The topological polar surface area (TPSA) is 52.2 Å². The maximum atomic E-state index is 12.7. The maximum Gasteiger partial charge on any atom is 0.229 e. The Labute approximate surface area is 155 Å². The normalized spacial score (nSPS) is 24.0. The van der Waals surface area contributed by atoms with E-state index in [1.807, 2.05) is 18.1 Å². The molecule has 1 aromatic heterocycles. The van der Waals surface area contributed by atoms with E-state index in [0.29, 0.717) is 5.91 Å². The van der Waals surface area contributed by atoms with Gasteiger partial charge in [-0.2, -0.15) is 5.10 Å². The number of H-pyrrole nitrogens is 1. The van der Waals surface area contributed by atoms with Gasteiger partial charge in [0.05, 0.1) is 17.3 Å². The molecule has 0 bridgehead atoms. The van der Waals surface area contributed by atoms with E-state index in [2.05, 4.69) is 47.1 Å². The molecule has 1 aromatic carbocycles. The molecule has 3 heterocycles. The highest BCUT2D eigenvalue weighted by atomic mass is 16.2. The van der Waals surface area contributed by atoms with Crippen molar-refractivity contribution >= 4 is 5.91 Å². The Morgan fingerprint density at radius 3 is 2.92 bits per heavy atom. The number of aromatic amines is 1. The summed E-state index contributed by atoms with van der Waals surface area (Å²) >= 11 is 0. The number of likely N-dealkylation sites (tertiary alicyclic amines) is 2. The van der Waals surface area contributed by atoms with Crippen LogP contribution in [0.15, 0.2) is 24.4 Å². The highest BCUT2D eigenvalue weighted by Gasteiger charge is 2.47. The van der Waals surface area contributed by atoms with Crippen LogP contribution in [0.4, 0.5) is 0 Å². The fourth-order valence-corrected chi connectivity index (χ4v) is 4.65. The predicted molar refractivity (Wildman–Crippen MR) is 103 cm³/mol. The van der Waals surface area contributed by atoms with Crippen LogP contribution in [0.1, 0.15) is 36.0 Å². The van der Waals surface area contributed by atoms with Gasteiger partial charge in [0.15, 0.2) is 0 Å². The largest absolute Gasteiger partial charge is 0.345 e. The average molecular weight is 352 g/mol. The molecular weight excluding hydrogens is 324 g/mol. The molecule has 2 fully saturated rings. The molecule has 26 heavy (non-hydrogen) atoms. The number of hydrogen-bond acceptors (Lipinski definition) is 3. The third-order valence-electron chi connectivity index (χ3n) is 6.16. The van der Waals surface area contributed by atoms with Crippen LogP contribution in [0, 0.1) is 19.3 Å². The van der Waals surface area contributed by atoms with Crippen LogP contribution < -0.4 is 0 Å². The van der Waals surface area contributed by atoms with Crippen LogP contribution in [0.5, 0.6) is 0 Å². The highest BCUT2D eigenvalue weighted by Crippen LogP contribution is 2.40. The number of carbonyl (C=O) groups excluding carboxylic acids is 1. The zero-order valence-corrected chi connectivity index (χ0v) is 16.0. The lowest BCUT2D eigenvalue weighted by Crippen LogP contribution is -2.48. The van der Waals surface area contributed by atoms with Crippen molar-refractivity contribution in [3.63, 3.8) is 0 Å². The molecule has 138 valence electrons. The van der Waals surface area contributed by atoms with Crippen LogP contribution in [0.2, 0.25) is 0 Å². The second-order valence-electron chi connectivity index (χ2n) is 8.16. The molecule has 2 aliphatic rings. The smallest absolute Gasteiger partial charge is 0.229 e. The van der Waals surface area contributed by atoms with Crippen LogP contribution in [-0.2, 0) is 11.3 Å². The zero-order chi connectivity index (χ0) is 18.3. The standard InChI is InChI=1S/C21H28N4O/c1-15-5-6-16(2)18(11-15)19-17(12-22-23-19)13-25-10-8-21(14-25)7-4-9-24(3)20(21)26/h5-6,11-12H,4,7-10,13-14H2,1-3H3,(H,22,23). The summed E-state index contributed by atoms with van der Waals surface area (Å²) in [5.41, 5.74) is 5.90. The minimum absolute atomic E-state index is 0.157. The van der Waals surface area contributed by atoms with Crippen molar-refractivity contribution in [2.45, 2.75) is 39.7 Å². The Hall–Kier alpha value is -2.14. The van der Waals surface area contributed by atoms with Gasteiger partial charge in [-0.15, -0.1) is 0 Å². The van der Waals surface area contributed by atoms with Crippen molar-refractivity contribution in [3.8, 4) is 11.3 Å². The molecule has 0 radical (unpaired) electrons. The molecule has 2 saturated heterocycles. The number of amides is 1. The number of carbonyl (C=O) groups is 1. The quantitative estimate of drug-likeness (QED) is 0.923. The van der Waals surface area contributed by atoms with E-state index in [4.69, 9.17) is 0 Å². The van der Waals surface area contributed by atoms with Gasteiger partial charge >= 0.3 is 0 Å². The summed E-state index contributed by atoms with van der Waals surface area (Å²) in [6, 6.07) is 6.53. The van der Waals surface area contributed by atoms with Gasteiger partial charge in [0.25, 0.3) is 0 Å². The second kappa shape index (κ2) is 6.54. The van der Waals surface area contributed by atoms with E-state index in [1.165, 1.54) is 22.3 Å². The summed E-state index contributed by atoms with van der Waals surface area (Å²) in [5, 5.41) is 7.51. The Balaban J connectivity index is 1.54. The third-order valence-corrected chi connectivity index (χ3v) is 6.16. The number of nitrogens with zero attached hydrogens (tertiary/aromatic N) is 3. The molecule has 1 unspecified atom stereocenters. The minimum atomic E-state index is -0.157. The summed E-state index contributed by atoms with van der Waals surface area (Å²) in [5.74, 6) is 0.341. The molecule has 1 atom stereocenters. The Bertz CT molecular complexity index is 827. The molecule has 1 N–H and O–H groups in total. The van der Waals surface area contributed by atoms with Crippen molar-refractivity contribution in [3.05, 3.63) is 41.1 Å². The molecule has 1 spiro atoms. The molecule has 5 heteroatoms. The number of hydrogen-bond donors (Lipinski definition) is 1. The molecule has 5 nitrogen and oxygen atoms in total.